The molecule has 0 radical (unpaired) electrons. The molecule has 2 rings (SSSR count). The highest BCUT2D eigenvalue weighted by molar-refractivity contribution is 7.10. The van der Waals surface area contributed by atoms with Crippen molar-refractivity contribution in [2.75, 3.05) is 6.54 Å². The summed E-state index contributed by atoms with van der Waals surface area (Å²) in [6.45, 7) is 3.66. The van der Waals surface area contributed by atoms with Gasteiger partial charge in [-0.1, -0.05) is 16.1 Å². The Labute approximate surface area is 104 Å². The van der Waals surface area contributed by atoms with Gasteiger partial charge in [0, 0.05) is 24.1 Å². The number of likely N-dealkylation sites (tertiary alicyclic amines) is 1. The third-order valence-electron chi connectivity index (χ3n) is 2.97. The molecular formula is C10H16ClN3OS. The maximum Gasteiger partial charge on any atom is 0.138 e. The number of aromatic nitrogens is 2. The van der Waals surface area contributed by atoms with Gasteiger partial charge in [-0.2, -0.15) is 0 Å². The van der Waals surface area contributed by atoms with Crippen LogP contribution in [-0.4, -0.2) is 38.3 Å². The molecule has 2 unspecified atom stereocenters. The molecule has 1 aliphatic rings. The molecule has 90 valence electrons. The van der Waals surface area contributed by atoms with E-state index in [1.165, 1.54) is 18.0 Å². The van der Waals surface area contributed by atoms with Crippen molar-refractivity contribution in [3.8, 4) is 0 Å². The molecule has 1 fully saturated rings. The Morgan fingerprint density at radius 1 is 1.69 bits per heavy atom. The molecule has 0 aliphatic carbocycles. The standard InChI is InChI=1S/C10H16ClN3OS/c1-7(15)5-8-3-2-4-14(8)6-9-10(11)16-13-12-9/h7-8,15H,2-6H2,1H3. The predicted octanol–water partition coefficient (Wildman–Crippen LogP) is 1.93. The molecule has 1 N–H and O–H groups in total. The molecule has 1 aromatic rings. The van der Waals surface area contributed by atoms with Gasteiger partial charge in [0.25, 0.3) is 0 Å². The van der Waals surface area contributed by atoms with Crippen molar-refractivity contribution in [3.63, 3.8) is 0 Å². The summed E-state index contributed by atoms with van der Waals surface area (Å²) in [7, 11) is 0. The first-order valence-corrected chi connectivity index (χ1v) is 6.71. The summed E-state index contributed by atoms with van der Waals surface area (Å²) >= 11 is 7.22. The van der Waals surface area contributed by atoms with Crippen LogP contribution in [0.25, 0.3) is 0 Å². The number of aliphatic hydroxyl groups excluding tert-OH is 1. The monoisotopic (exact) mass is 261 g/mol. The molecule has 0 saturated carbocycles. The molecule has 16 heavy (non-hydrogen) atoms. The van der Waals surface area contributed by atoms with Crippen LogP contribution in [0.2, 0.25) is 4.34 Å². The minimum Gasteiger partial charge on any atom is -0.393 e. The first-order valence-electron chi connectivity index (χ1n) is 5.55. The largest absolute Gasteiger partial charge is 0.393 e. The maximum atomic E-state index is 9.43. The number of rotatable bonds is 4. The minimum absolute atomic E-state index is 0.241. The van der Waals surface area contributed by atoms with Crippen LogP contribution >= 0.6 is 23.1 Å². The molecule has 1 aromatic heterocycles. The second-order valence-corrected chi connectivity index (χ2v) is 5.70. The average molecular weight is 262 g/mol. The predicted molar refractivity (Wildman–Crippen MR) is 64.6 cm³/mol. The topological polar surface area (TPSA) is 49.2 Å². The van der Waals surface area contributed by atoms with Gasteiger partial charge in [-0.3, -0.25) is 4.90 Å². The Morgan fingerprint density at radius 3 is 3.12 bits per heavy atom. The molecule has 0 spiro atoms. The third kappa shape index (κ3) is 2.91. The van der Waals surface area contributed by atoms with Gasteiger partial charge >= 0.3 is 0 Å². The van der Waals surface area contributed by atoms with E-state index in [0.29, 0.717) is 10.4 Å². The molecule has 6 heteroatoms. The third-order valence-corrected chi connectivity index (χ3v) is 3.96. The van der Waals surface area contributed by atoms with Crippen molar-refractivity contribution in [2.24, 2.45) is 0 Å². The number of hydrogen-bond donors (Lipinski definition) is 1. The van der Waals surface area contributed by atoms with Crippen LogP contribution in [-0.2, 0) is 6.54 Å². The van der Waals surface area contributed by atoms with Crippen molar-refractivity contribution in [2.45, 2.75) is 44.9 Å². The van der Waals surface area contributed by atoms with Crippen molar-refractivity contribution in [3.05, 3.63) is 10.0 Å². The Bertz CT molecular complexity index is 345. The first kappa shape index (κ1) is 12.2. The van der Waals surface area contributed by atoms with Crippen LogP contribution in [0.1, 0.15) is 31.9 Å². The molecule has 1 aliphatic heterocycles. The van der Waals surface area contributed by atoms with E-state index >= 15 is 0 Å². The van der Waals surface area contributed by atoms with E-state index in [1.54, 1.807) is 0 Å². The van der Waals surface area contributed by atoms with E-state index in [2.05, 4.69) is 14.5 Å². The normalized spacial score (nSPS) is 23.8. The number of nitrogens with zero attached hydrogens (tertiary/aromatic N) is 3. The lowest BCUT2D eigenvalue weighted by Gasteiger charge is -2.24. The van der Waals surface area contributed by atoms with Crippen LogP contribution in [0.3, 0.4) is 0 Å². The number of hydrogen-bond acceptors (Lipinski definition) is 5. The molecule has 1 saturated heterocycles. The summed E-state index contributed by atoms with van der Waals surface area (Å²) in [5.41, 5.74) is 0.865. The molecule has 0 bridgehead atoms. The Balaban J connectivity index is 1.96. The van der Waals surface area contributed by atoms with Gasteiger partial charge < -0.3 is 5.11 Å². The molecular weight excluding hydrogens is 246 g/mol. The Hall–Kier alpha value is -0.230. The lowest BCUT2D eigenvalue weighted by molar-refractivity contribution is 0.130. The molecule has 2 heterocycles. The summed E-state index contributed by atoms with van der Waals surface area (Å²) in [4.78, 5) is 2.34. The van der Waals surface area contributed by atoms with E-state index in [1.807, 2.05) is 6.92 Å². The summed E-state index contributed by atoms with van der Waals surface area (Å²) in [5.74, 6) is 0. The van der Waals surface area contributed by atoms with E-state index in [0.717, 1.165) is 31.6 Å². The quantitative estimate of drug-likeness (QED) is 0.900. The number of aliphatic hydroxyl groups is 1. The SMILES string of the molecule is CC(O)CC1CCCN1Cc1nnsc1Cl. The van der Waals surface area contributed by atoms with Gasteiger partial charge in [0.1, 0.15) is 10.0 Å². The van der Waals surface area contributed by atoms with E-state index in [9.17, 15) is 5.11 Å². The molecule has 4 nitrogen and oxygen atoms in total. The summed E-state index contributed by atoms with van der Waals surface area (Å²) in [6.07, 6.45) is 2.93. The van der Waals surface area contributed by atoms with Crippen molar-refractivity contribution < 1.29 is 5.11 Å². The second kappa shape index (κ2) is 5.40. The van der Waals surface area contributed by atoms with Gasteiger partial charge in [0.15, 0.2) is 0 Å². The smallest absolute Gasteiger partial charge is 0.138 e. The zero-order valence-corrected chi connectivity index (χ0v) is 10.8. The summed E-state index contributed by atoms with van der Waals surface area (Å²) in [5, 5.41) is 13.5. The van der Waals surface area contributed by atoms with Crippen LogP contribution in [0.4, 0.5) is 0 Å². The summed E-state index contributed by atoms with van der Waals surface area (Å²) in [6, 6.07) is 0.456. The van der Waals surface area contributed by atoms with Gasteiger partial charge in [0.05, 0.1) is 6.10 Å². The summed E-state index contributed by atoms with van der Waals surface area (Å²) < 4.78 is 4.52. The highest BCUT2D eigenvalue weighted by Crippen LogP contribution is 2.26. The van der Waals surface area contributed by atoms with Gasteiger partial charge in [-0.15, -0.1) is 5.10 Å². The van der Waals surface area contributed by atoms with Crippen molar-refractivity contribution in [1.29, 1.82) is 0 Å². The molecule has 0 aromatic carbocycles. The molecule has 0 amide bonds. The number of halogens is 1. The zero-order valence-electron chi connectivity index (χ0n) is 9.27. The zero-order chi connectivity index (χ0) is 11.5. The van der Waals surface area contributed by atoms with Gasteiger partial charge in [0.2, 0.25) is 0 Å². The lowest BCUT2D eigenvalue weighted by Crippen LogP contribution is -2.31. The van der Waals surface area contributed by atoms with Crippen LogP contribution in [0.15, 0.2) is 0 Å². The van der Waals surface area contributed by atoms with Crippen LogP contribution in [0, 0.1) is 0 Å². The molecule has 2 atom stereocenters. The highest BCUT2D eigenvalue weighted by Gasteiger charge is 2.26. The van der Waals surface area contributed by atoms with Crippen molar-refractivity contribution >= 4 is 23.1 Å². The van der Waals surface area contributed by atoms with Gasteiger partial charge in [-0.05, 0) is 32.7 Å². The fourth-order valence-corrected chi connectivity index (χ4v) is 2.86. The van der Waals surface area contributed by atoms with E-state index in [4.69, 9.17) is 11.6 Å². The minimum atomic E-state index is -0.241. The average Bonchev–Trinajstić information content (AvgIpc) is 2.78. The van der Waals surface area contributed by atoms with Gasteiger partial charge in [-0.25, -0.2) is 0 Å². The highest BCUT2D eigenvalue weighted by atomic mass is 35.5. The fraction of sp³-hybridized carbons (Fsp3) is 0.800. The lowest BCUT2D eigenvalue weighted by atomic mass is 10.1. The van der Waals surface area contributed by atoms with Crippen LogP contribution < -0.4 is 0 Å². The Kier molecular flexibility index (Phi) is 4.13. The second-order valence-electron chi connectivity index (χ2n) is 4.34. The fourth-order valence-electron chi connectivity index (χ4n) is 2.25. The maximum absolute atomic E-state index is 9.43. The van der Waals surface area contributed by atoms with Crippen LogP contribution in [0.5, 0.6) is 0 Å². The van der Waals surface area contributed by atoms with Crippen molar-refractivity contribution in [1.82, 2.24) is 14.5 Å². The first-order chi connectivity index (χ1) is 7.66. The Morgan fingerprint density at radius 2 is 2.50 bits per heavy atom. The van der Waals surface area contributed by atoms with E-state index < -0.39 is 0 Å². The van der Waals surface area contributed by atoms with E-state index in [-0.39, 0.29) is 6.10 Å².